The molecular weight excluding hydrogens is 702 g/mol. The second-order valence-corrected chi connectivity index (χ2v) is 12.0. The average molecular weight is 728 g/mol. The maximum Gasteiger partial charge on any atom is 0.338 e. The second kappa shape index (κ2) is 11.2. The van der Waals surface area contributed by atoms with E-state index in [1.807, 2.05) is 30.3 Å². The van der Waals surface area contributed by atoms with Crippen molar-refractivity contribution in [1.82, 2.24) is 4.57 Å². The van der Waals surface area contributed by atoms with Crippen molar-refractivity contribution >= 4 is 68.6 Å². The van der Waals surface area contributed by atoms with Crippen molar-refractivity contribution in [3.8, 4) is 5.75 Å². The van der Waals surface area contributed by atoms with Crippen LogP contribution in [0, 0.1) is 7.14 Å². The van der Waals surface area contributed by atoms with Gasteiger partial charge in [-0.05, 0) is 99.8 Å². The largest absolute Gasteiger partial charge is 0.495 e. The van der Waals surface area contributed by atoms with Crippen molar-refractivity contribution in [2.75, 3.05) is 13.7 Å². The molecule has 1 unspecified atom stereocenters. The highest BCUT2D eigenvalue weighted by Crippen LogP contribution is 2.32. The minimum absolute atomic E-state index is 0.188. The lowest BCUT2D eigenvalue weighted by Gasteiger charge is -2.25. The number of aromatic nitrogens is 1. The normalized spacial score (nSPS) is 15.7. The van der Waals surface area contributed by atoms with E-state index in [0.717, 1.165) is 24.0 Å². The summed E-state index contributed by atoms with van der Waals surface area (Å²) < 4.78 is 14.9. The maximum absolute atomic E-state index is 13.8. The fraction of sp³-hybridized carbons (Fsp3) is 0.296. The van der Waals surface area contributed by atoms with Gasteiger partial charge in [0.2, 0.25) is 0 Å². The van der Waals surface area contributed by atoms with Crippen LogP contribution in [0.2, 0.25) is 0 Å². The molecule has 0 saturated heterocycles. The van der Waals surface area contributed by atoms with Crippen molar-refractivity contribution < 1.29 is 14.3 Å². The Balaban J connectivity index is 1.93. The fourth-order valence-corrected chi connectivity index (χ4v) is 7.48. The zero-order valence-electron chi connectivity index (χ0n) is 20.6. The molecule has 1 atom stereocenters. The fourth-order valence-electron chi connectivity index (χ4n) is 4.18. The first kappa shape index (κ1) is 27.1. The molecule has 3 aromatic rings. The summed E-state index contributed by atoms with van der Waals surface area (Å²) in [5.41, 5.74) is 3.70. The predicted octanol–water partition coefficient (Wildman–Crippen LogP) is 5.14. The zero-order valence-corrected chi connectivity index (χ0v) is 25.7. The van der Waals surface area contributed by atoms with Crippen LogP contribution in [-0.4, -0.2) is 24.3 Å². The molecule has 2 aromatic carbocycles. The average Bonchev–Trinajstić information content (AvgIpc) is 3.12. The van der Waals surface area contributed by atoms with Crippen LogP contribution in [0.4, 0.5) is 0 Å². The Morgan fingerprint density at radius 2 is 1.83 bits per heavy atom. The number of fused-ring (bicyclic) bond motifs is 1. The van der Waals surface area contributed by atoms with E-state index < -0.39 is 12.0 Å². The highest BCUT2D eigenvalue weighted by atomic mass is 127. The Morgan fingerprint density at radius 3 is 2.39 bits per heavy atom. The molecule has 1 aliphatic heterocycles. The van der Waals surface area contributed by atoms with Crippen LogP contribution >= 0.6 is 56.5 Å². The molecule has 2 heterocycles. The monoisotopic (exact) mass is 728 g/mol. The number of hydrogen-bond donors (Lipinski definition) is 0. The Hall–Kier alpha value is -1.99. The molecule has 6 nitrogen and oxygen atoms in total. The molecule has 1 aromatic heterocycles. The number of nitrogens with zero attached hydrogens (tertiary/aromatic N) is 2. The lowest BCUT2D eigenvalue weighted by atomic mass is 9.93. The van der Waals surface area contributed by atoms with Crippen LogP contribution < -0.4 is 19.6 Å². The molecule has 1 aliphatic rings. The molecule has 9 heteroatoms. The van der Waals surface area contributed by atoms with Gasteiger partial charge in [-0.25, -0.2) is 9.79 Å². The van der Waals surface area contributed by atoms with Gasteiger partial charge in [0.05, 0.1) is 42.7 Å². The van der Waals surface area contributed by atoms with E-state index in [-0.39, 0.29) is 12.2 Å². The highest BCUT2D eigenvalue weighted by molar-refractivity contribution is 14.1. The molecule has 0 aliphatic carbocycles. The van der Waals surface area contributed by atoms with E-state index >= 15 is 0 Å². The first-order chi connectivity index (χ1) is 17.2. The Kier molecular flexibility index (Phi) is 8.40. The summed E-state index contributed by atoms with van der Waals surface area (Å²) in [6.45, 7) is 8.08. The molecule has 0 fully saturated rings. The molecular formula is C27H26I2N2O4S. The van der Waals surface area contributed by atoms with Crippen LogP contribution in [0.15, 0.2) is 57.5 Å². The third kappa shape index (κ3) is 5.19. The zero-order chi connectivity index (χ0) is 26.1. The second-order valence-electron chi connectivity index (χ2n) is 8.64. The number of ether oxygens (including phenoxy) is 2. The standard InChI is InChI=1S/C27H26I2N2O4S/c1-6-35-26(33)22-15(4)30-27-31(23(22)18-9-7-17(8-10-18)14(2)3)25(32)21(36-27)13-16-11-19(28)24(34-5)20(29)12-16/h7-14,23H,6H2,1-5H3/b21-13-. The van der Waals surface area contributed by atoms with Gasteiger partial charge in [-0.15, -0.1) is 0 Å². The van der Waals surface area contributed by atoms with Crippen molar-refractivity contribution in [1.29, 1.82) is 0 Å². The van der Waals surface area contributed by atoms with E-state index in [9.17, 15) is 9.59 Å². The van der Waals surface area contributed by atoms with Gasteiger partial charge in [-0.3, -0.25) is 9.36 Å². The number of esters is 1. The van der Waals surface area contributed by atoms with Gasteiger partial charge in [0.15, 0.2) is 4.80 Å². The Labute approximate surface area is 241 Å². The van der Waals surface area contributed by atoms with Gasteiger partial charge in [-0.1, -0.05) is 49.4 Å². The summed E-state index contributed by atoms with van der Waals surface area (Å²) in [7, 11) is 1.65. The highest BCUT2D eigenvalue weighted by Gasteiger charge is 2.33. The summed E-state index contributed by atoms with van der Waals surface area (Å²) in [4.78, 5) is 32.0. The number of rotatable bonds is 6. The summed E-state index contributed by atoms with van der Waals surface area (Å²) in [5.74, 6) is 0.734. The summed E-state index contributed by atoms with van der Waals surface area (Å²) in [6.07, 6.45) is 1.87. The summed E-state index contributed by atoms with van der Waals surface area (Å²) in [5, 5.41) is 0. The number of halogens is 2. The number of thiazole rings is 1. The third-order valence-corrected chi connectivity index (χ3v) is 8.54. The van der Waals surface area contributed by atoms with Crippen LogP contribution in [0.1, 0.15) is 56.3 Å². The molecule has 0 spiro atoms. The maximum atomic E-state index is 13.8. The van der Waals surface area contributed by atoms with Gasteiger partial charge < -0.3 is 9.47 Å². The van der Waals surface area contributed by atoms with Crippen molar-refractivity contribution in [3.63, 3.8) is 0 Å². The third-order valence-electron chi connectivity index (χ3n) is 5.96. The van der Waals surface area contributed by atoms with E-state index in [0.29, 0.717) is 26.5 Å². The topological polar surface area (TPSA) is 69.9 Å². The smallest absolute Gasteiger partial charge is 0.338 e. The van der Waals surface area contributed by atoms with E-state index in [1.54, 1.807) is 25.5 Å². The van der Waals surface area contributed by atoms with Crippen LogP contribution in [0.5, 0.6) is 5.75 Å². The Morgan fingerprint density at radius 1 is 1.19 bits per heavy atom. The summed E-state index contributed by atoms with van der Waals surface area (Å²) >= 11 is 5.78. The van der Waals surface area contributed by atoms with E-state index in [1.165, 1.54) is 16.9 Å². The number of allylic oxidation sites excluding steroid dienone is 1. The first-order valence-corrected chi connectivity index (χ1v) is 14.5. The van der Waals surface area contributed by atoms with Gasteiger partial charge >= 0.3 is 5.97 Å². The minimum atomic E-state index is -0.611. The predicted molar refractivity (Wildman–Crippen MR) is 159 cm³/mol. The van der Waals surface area contributed by atoms with Gasteiger partial charge in [0.25, 0.3) is 5.56 Å². The molecule has 0 saturated carbocycles. The number of hydrogen-bond acceptors (Lipinski definition) is 6. The first-order valence-electron chi connectivity index (χ1n) is 11.5. The van der Waals surface area contributed by atoms with Crippen molar-refractivity contribution in [2.45, 2.75) is 39.7 Å². The molecule has 188 valence electrons. The minimum Gasteiger partial charge on any atom is -0.495 e. The summed E-state index contributed by atoms with van der Waals surface area (Å²) in [6, 6.07) is 11.4. The van der Waals surface area contributed by atoms with Gasteiger partial charge in [-0.2, -0.15) is 0 Å². The van der Waals surface area contributed by atoms with Crippen LogP contribution in [-0.2, 0) is 9.53 Å². The molecule has 0 radical (unpaired) electrons. The quantitative estimate of drug-likeness (QED) is 0.261. The van der Waals surface area contributed by atoms with Crippen molar-refractivity contribution in [2.24, 2.45) is 4.99 Å². The van der Waals surface area contributed by atoms with Gasteiger partial charge in [0, 0.05) is 0 Å². The van der Waals surface area contributed by atoms with E-state index in [2.05, 4.69) is 76.2 Å². The molecule has 0 bridgehead atoms. The number of benzene rings is 2. The number of carbonyl (C=O) groups excluding carboxylic acids is 1. The molecule has 0 N–H and O–H groups in total. The molecule has 36 heavy (non-hydrogen) atoms. The van der Waals surface area contributed by atoms with Gasteiger partial charge in [0.1, 0.15) is 5.75 Å². The lowest BCUT2D eigenvalue weighted by molar-refractivity contribution is -0.139. The number of methoxy groups -OCH3 is 1. The van der Waals surface area contributed by atoms with E-state index in [4.69, 9.17) is 9.47 Å². The number of carbonyl (C=O) groups is 1. The van der Waals surface area contributed by atoms with Crippen LogP contribution in [0.25, 0.3) is 6.08 Å². The van der Waals surface area contributed by atoms with Crippen molar-refractivity contribution in [3.05, 3.63) is 91.2 Å². The van der Waals surface area contributed by atoms with Crippen LogP contribution in [0.3, 0.4) is 0 Å². The Bertz CT molecular complexity index is 1510. The lowest BCUT2D eigenvalue weighted by Crippen LogP contribution is -2.39. The molecule has 0 amide bonds. The molecule has 4 rings (SSSR count). The SMILES string of the molecule is CCOC(=O)C1=C(C)N=c2s/c(=C\c3cc(I)c(OC)c(I)c3)c(=O)n2C1c1ccc(C(C)C)cc1.